The minimum absolute atomic E-state index is 0.724. The third-order valence-electron chi connectivity index (χ3n) is 1.97. The Labute approximate surface area is 81.9 Å². The lowest BCUT2D eigenvalue weighted by Gasteiger charge is -2.10. The Morgan fingerprint density at radius 1 is 1.25 bits per heavy atom. The van der Waals surface area contributed by atoms with Gasteiger partial charge in [0, 0.05) is 4.47 Å². The summed E-state index contributed by atoms with van der Waals surface area (Å²) >= 11 is 3.48. The molecule has 0 heterocycles. The van der Waals surface area contributed by atoms with Crippen LogP contribution in [0.1, 0.15) is 18.1 Å². The molecule has 66 valence electrons. The zero-order valence-corrected chi connectivity index (χ0v) is 9.23. The second-order valence-electron chi connectivity index (χ2n) is 2.73. The van der Waals surface area contributed by atoms with Gasteiger partial charge in [0.15, 0.2) is 0 Å². The molecule has 0 spiro atoms. The van der Waals surface area contributed by atoms with Gasteiger partial charge >= 0.3 is 0 Å². The maximum Gasteiger partial charge on any atom is 0.122 e. The molecule has 0 aliphatic heterocycles. The average Bonchev–Trinajstić information content (AvgIpc) is 2.07. The van der Waals surface area contributed by atoms with E-state index >= 15 is 0 Å². The molecule has 0 saturated heterocycles. The van der Waals surface area contributed by atoms with Gasteiger partial charge in [-0.15, -0.1) is 0 Å². The highest BCUT2D eigenvalue weighted by Crippen LogP contribution is 2.27. The van der Waals surface area contributed by atoms with E-state index in [0.29, 0.717) is 0 Å². The van der Waals surface area contributed by atoms with Crippen LogP contribution in [0, 0.1) is 13.8 Å². The molecule has 1 aromatic rings. The van der Waals surface area contributed by atoms with Gasteiger partial charge in [0.2, 0.25) is 0 Å². The van der Waals surface area contributed by atoms with Crippen LogP contribution in [0.2, 0.25) is 0 Å². The summed E-state index contributed by atoms with van der Waals surface area (Å²) in [4.78, 5) is 0. The van der Waals surface area contributed by atoms with E-state index in [0.717, 1.165) is 16.8 Å². The summed E-state index contributed by atoms with van der Waals surface area (Å²) in [6.45, 7) is 6.88. The molecule has 0 amide bonds. The second kappa shape index (κ2) is 3.94. The molecule has 0 aromatic heterocycles. The van der Waals surface area contributed by atoms with Crippen molar-refractivity contribution in [2.24, 2.45) is 0 Å². The molecule has 0 N–H and O–H groups in total. The molecule has 0 aliphatic carbocycles. The predicted octanol–water partition coefficient (Wildman–Crippen LogP) is 3.46. The average molecular weight is 229 g/mol. The highest BCUT2D eigenvalue weighted by atomic mass is 79.9. The monoisotopic (exact) mass is 228 g/mol. The fraction of sp³-hybridized carbons (Fsp3) is 0.400. The van der Waals surface area contributed by atoms with Gasteiger partial charge in [-0.05, 0) is 44.0 Å². The Morgan fingerprint density at radius 3 is 2.50 bits per heavy atom. The van der Waals surface area contributed by atoms with Crippen molar-refractivity contribution in [2.45, 2.75) is 20.8 Å². The van der Waals surface area contributed by atoms with E-state index in [1.807, 2.05) is 19.1 Å². The van der Waals surface area contributed by atoms with Gasteiger partial charge in [-0.1, -0.05) is 15.9 Å². The molecule has 0 aliphatic rings. The van der Waals surface area contributed by atoms with Crippen LogP contribution in [0.15, 0.2) is 16.6 Å². The van der Waals surface area contributed by atoms with E-state index in [1.54, 1.807) is 0 Å². The molecular formula is C10H13BrO. The second-order valence-corrected chi connectivity index (χ2v) is 3.58. The van der Waals surface area contributed by atoms with E-state index < -0.39 is 0 Å². The molecule has 1 aromatic carbocycles. The first-order chi connectivity index (χ1) is 5.66. The largest absolute Gasteiger partial charge is 0.494 e. The number of ether oxygens (including phenoxy) is 1. The number of halogens is 1. The Morgan fingerprint density at radius 2 is 1.92 bits per heavy atom. The Hall–Kier alpha value is -0.500. The lowest BCUT2D eigenvalue weighted by molar-refractivity contribution is 0.337. The zero-order valence-electron chi connectivity index (χ0n) is 7.65. The third kappa shape index (κ3) is 1.81. The molecule has 1 rings (SSSR count). The molecule has 0 bridgehead atoms. The highest BCUT2D eigenvalue weighted by molar-refractivity contribution is 9.10. The summed E-state index contributed by atoms with van der Waals surface area (Å²) < 4.78 is 6.59. The first-order valence-corrected chi connectivity index (χ1v) is 4.84. The minimum atomic E-state index is 0.724. The van der Waals surface area contributed by atoms with Crippen LogP contribution in [0.4, 0.5) is 0 Å². The lowest BCUT2D eigenvalue weighted by atomic mass is 10.1. The van der Waals surface area contributed by atoms with E-state index in [4.69, 9.17) is 4.74 Å². The zero-order chi connectivity index (χ0) is 9.14. The fourth-order valence-electron chi connectivity index (χ4n) is 1.07. The quantitative estimate of drug-likeness (QED) is 0.754. The van der Waals surface area contributed by atoms with Crippen LogP contribution in [0.5, 0.6) is 5.75 Å². The SMILES string of the molecule is CCOc1ccc(Br)c(C)c1C. The third-order valence-corrected chi connectivity index (χ3v) is 2.83. The number of hydrogen-bond acceptors (Lipinski definition) is 1. The molecule has 12 heavy (non-hydrogen) atoms. The smallest absolute Gasteiger partial charge is 0.122 e. The molecule has 0 saturated carbocycles. The van der Waals surface area contributed by atoms with Crippen LogP contribution in [-0.4, -0.2) is 6.61 Å². The topological polar surface area (TPSA) is 9.23 Å². The summed E-state index contributed by atoms with van der Waals surface area (Å²) in [5, 5.41) is 0. The number of hydrogen-bond donors (Lipinski definition) is 0. The summed E-state index contributed by atoms with van der Waals surface area (Å²) in [5.74, 6) is 0.984. The first kappa shape index (κ1) is 9.59. The van der Waals surface area contributed by atoms with E-state index in [2.05, 4.69) is 29.8 Å². The fourth-order valence-corrected chi connectivity index (χ4v) is 1.50. The van der Waals surface area contributed by atoms with Crippen molar-refractivity contribution in [1.29, 1.82) is 0 Å². The molecule has 1 nitrogen and oxygen atoms in total. The van der Waals surface area contributed by atoms with Crippen molar-refractivity contribution in [3.8, 4) is 5.75 Å². The molecule has 0 atom stereocenters. The maximum absolute atomic E-state index is 5.45. The summed E-state index contributed by atoms with van der Waals surface area (Å²) in [5.41, 5.74) is 2.46. The van der Waals surface area contributed by atoms with Crippen molar-refractivity contribution in [2.75, 3.05) is 6.61 Å². The maximum atomic E-state index is 5.45. The number of benzene rings is 1. The normalized spacial score (nSPS) is 10.0. The van der Waals surface area contributed by atoms with Gasteiger partial charge in [-0.3, -0.25) is 0 Å². The van der Waals surface area contributed by atoms with Crippen molar-refractivity contribution >= 4 is 15.9 Å². The molecule has 2 heteroatoms. The van der Waals surface area contributed by atoms with Crippen molar-refractivity contribution in [3.63, 3.8) is 0 Å². The van der Waals surface area contributed by atoms with Crippen molar-refractivity contribution < 1.29 is 4.74 Å². The van der Waals surface area contributed by atoms with Crippen molar-refractivity contribution in [1.82, 2.24) is 0 Å². The van der Waals surface area contributed by atoms with Crippen LogP contribution in [-0.2, 0) is 0 Å². The van der Waals surface area contributed by atoms with Gasteiger partial charge in [-0.25, -0.2) is 0 Å². The lowest BCUT2D eigenvalue weighted by Crippen LogP contribution is -1.95. The van der Waals surface area contributed by atoms with Gasteiger partial charge in [0.05, 0.1) is 6.61 Å². The Balaban J connectivity index is 3.08. The van der Waals surface area contributed by atoms with Gasteiger partial charge in [0.25, 0.3) is 0 Å². The Bertz CT molecular complexity index is 281. The van der Waals surface area contributed by atoms with E-state index in [-0.39, 0.29) is 0 Å². The standard InChI is InChI=1S/C10H13BrO/c1-4-12-10-6-5-9(11)7(2)8(10)3/h5-6H,4H2,1-3H3. The first-order valence-electron chi connectivity index (χ1n) is 4.05. The molecule has 0 unspecified atom stereocenters. The van der Waals surface area contributed by atoms with Crippen LogP contribution in [0.25, 0.3) is 0 Å². The van der Waals surface area contributed by atoms with Crippen LogP contribution < -0.4 is 4.74 Å². The number of rotatable bonds is 2. The van der Waals surface area contributed by atoms with E-state index in [9.17, 15) is 0 Å². The van der Waals surface area contributed by atoms with Crippen LogP contribution >= 0.6 is 15.9 Å². The van der Waals surface area contributed by atoms with Crippen molar-refractivity contribution in [3.05, 3.63) is 27.7 Å². The van der Waals surface area contributed by atoms with Gasteiger partial charge in [0.1, 0.15) is 5.75 Å². The highest BCUT2D eigenvalue weighted by Gasteiger charge is 2.03. The summed E-state index contributed by atoms with van der Waals surface area (Å²) in [6.07, 6.45) is 0. The summed E-state index contributed by atoms with van der Waals surface area (Å²) in [7, 11) is 0. The molecule has 0 fully saturated rings. The Kier molecular flexibility index (Phi) is 3.15. The van der Waals surface area contributed by atoms with Gasteiger partial charge < -0.3 is 4.74 Å². The van der Waals surface area contributed by atoms with Gasteiger partial charge in [-0.2, -0.15) is 0 Å². The molecular weight excluding hydrogens is 216 g/mol. The van der Waals surface area contributed by atoms with Crippen LogP contribution in [0.3, 0.4) is 0 Å². The predicted molar refractivity (Wildman–Crippen MR) is 54.8 cm³/mol. The molecule has 0 radical (unpaired) electrons. The minimum Gasteiger partial charge on any atom is -0.494 e. The summed E-state index contributed by atoms with van der Waals surface area (Å²) in [6, 6.07) is 4.02. The van der Waals surface area contributed by atoms with E-state index in [1.165, 1.54) is 11.1 Å².